The van der Waals surface area contributed by atoms with Gasteiger partial charge in [-0.05, 0) is 65.6 Å². The molecule has 0 spiro atoms. The summed E-state index contributed by atoms with van der Waals surface area (Å²) in [5.41, 5.74) is 0.344. The normalized spacial score (nSPS) is 26.6. The summed E-state index contributed by atoms with van der Waals surface area (Å²) in [5, 5.41) is 3.56. The Morgan fingerprint density at radius 2 is 1.73 bits per heavy atom. The van der Waals surface area contributed by atoms with Crippen LogP contribution in [-0.2, 0) is 0 Å². The summed E-state index contributed by atoms with van der Waals surface area (Å²) < 4.78 is 0. The summed E-state index contributed by atoms with van der Waals surface area (Å²) in [4.78, 5) is 2.70. The molecule has 2 heteroatoms. The lowest BCUT2D eigenvalue weighted by Crippen LogP contribution is -2.59. The van der Waals surface area contributed by atoms with Crippen LogP contribution >= 0.6 is 0 Å². The van der Waals surface area contributed by atoms with Gasteiger partial charge in [0.2, 0.25) is 0 Å². The van der Waals surface area contributed by atoms with Crippen molar-refractivity contribution >= 4 is 0 Å². The Morgan fingerprint density at radius 3 is 2.20 bits per heavy atom. The van der Waals surface area contributed by atoms with Crippen LogP contribution in [0.5, 0.6) is 0 Å². The highest BCUT2D eigenvalue weighted by Gasteiger charge is 2.43. The molecule has 0 aromatic heterocycles. The summed E-state index contributed by atoms with van der Waals surface area (Å²) in [6.07, 6.45) is 7.08. The number of hydrogen-bond donors (Lipinski definition) is 1. The maximum atomic E-state index is 3.56. The van der Waals surface area contributed by atoms with Gasteiger partial charge >= 0.3 is 0 Å². The van der Waals surface area contributed by atoms with Crippen molar-refractivity contribution in [2.75, 3.05) is 20.1 Å². The number of nitrogens with zero attached hydrogens (tertiary/aromatic N) is 1. The highest BCUT2D eigenvalue weighted by atomic mass is 15.2. The van der Waals surface area contributed by atoms with Gasteiger partial charge in [-0.1, -0.05) is 6.42 Å². The minimum absolute atomic E-state index is 0.344. The first kappa shape index (κ1) is 11.4. The molecule has 1 heterocycles. The molecule has 0 bridgehead atoms. The first-order valence-corrected chi connectivity index (χ1v) is 6.58. The van der Waals surface area contributed by atoms with Crippen molar-refractivity contribution < 1.29 is 0 Å². The topological polar surface area (TPSA) is 15.3 Å². The number of rotatable bonds is 4. The predicted octanol–water partition coefficient (Wildman–Crippen LogP) is 2.25. The summed E-state index contributed by atoms with van der Waals surface area (Å²) in [6, 6.07) is 0.690. The van der Waals surface area contributed by atoms with E-state index in [-0.39, 0.29) is 0 Å². The highest BCUT2D eigenvalue weighted by Crippen LogP contribution is 2.39. The molecule has 1 saturated heterocycles. The lowest BCUT2D eigenvalue weighted by molar-refractivity contribution is 0.0565. The molecule has 1 unspecified atom stereocenters. The van der Waals surface area contributed by atoms with E-state index in [1.807, 2.05) is 0 Å². The lowest BCUT2D eigenvalue weighted by atomic mass is 9.87. The van der Waals surface area contributed by atoms with Gasteiger partial charge in [0.05, 0.1) is 0 Å². The predicted molar refractivity (Wildman–Crippen MR) is 65.1 cm³/mol. The maximum Gasteiger partial charge on any atom is 0.0308 e. The molecule has 0 radical (unpaired) electrons. The van der Waals surface area contributed by atoms with Crippen LogP contribution in [0.2, 0.25) is 0 Å². The van der Waals surface area contributed by atoms with Crippen molar-refractivity contribution in [1.82, 2.24) is 10.2 Å². The fourth-order valence-corrected chi connectivity index (χ4v) is 3.26. The molecular weight excluding hydrogens is 184 g/mol. The van der Waals surface area contributed by atoms with Crippen LogP contribution in [0.15, 0.2) is 0 Å². The molecular formula is C13H26N2. The van der Waals surface area contributed by atoms with E-state index < -0.39 is 0 Å². The van der Waals surface area contributed by atoms with Gasteiger partial charge in [-0.3, -0.25) is 4.90 Å². The molecule has 1 atom stereocenters. The minimum Gasteiger partial charge on any atom is -0.315 e. The summed E-state index contributed by atoms with van der Waals surface area (Å²) >= 11 is 0. The second-order valence-electron chi connectivity index (χ2n) is 5.81. The Kier molecular flexibility index (Phi) is 3.36. The average Bonchev–Trinajstić information content (AvgIpc) is 3.04. The van der Waals surface area contributed by atoms with Crippen molar-refractivity contribution in [2.24, 2.45) is 5.92 Å². The van der Waals surface area contributed by atoms with Crippen LogP contribution in [0.1, 0.15) is 46.0 Å². The third kappa shape index (κ3) is 2.36. The molecule has 2 aliphatic rings. The Hall–Kier alpha value is -0.0800. The summed E-state index contributed by atoms with van der Waals surface area (Å²) in [6.45, 7) is 7.46. The smallest absolute Gasteiger partial charge is 0.0308 e. The SMILES string of the molecule is CNC(C1CC1)C(C)(C)N1CCCCC1. The largest absolute Gasteiger partial charge is 0.315 e. The van der Waals surface area contributed by atoms with E-state index in [9.17, 15) is 0 Å². The van der Waals surface area contributed by atoms with Crippen LogP contribution in [0.3, 0.4) is 0 Å². The lowest BCUT2D eigenvalue weighted by Gasteiger charge is -2.46. The third-order valence-corrected chi connectivity index (χ3v) is 4.34. The Balaban J connectivity index is 2.01. The molecule has 0 amide bonds. The summed E-state index contributed by atoms with van der Waals surface area (Å²) in [5.74, 6) is 0.937. The monoisotopic (exact) mass is 210 g/mol. The third-order valence-electron chi connectivity index (χ3n) is 4.34. The van der Waals surface area contributed by atoms with Gasteiger partial charge in [0.15, 0.2) is 0 Å². The van der Waals surface area contributed by atoms with Gasteiger partial charge in [-0.25, -0.2) is 0 Å². The maximum absolute atomic E-state index is 3.56. The van der Waals surface area contributed by atoms with E-state index in [4.69, 9.17) is 0 Å². The molecule has 1 saturated carbocycles. The van der Waals surface area contributed by atoms with Gasteiger partial charge in [0.25, 0.3) is 0 Å². The minimum atomic E-state index is 0.344. The molecule has 2 fully saturated rings. The Morgan fingerprint density at radius 1 is 1.13 bits per heavy atom. The van der Waals surface area contributed by atoms with Gasteiger partial charge in [-0.15, -0.1) is 0 Å². The fourth-order valence-electron chi connectivity index (χ4n) is 3.26. The van der Waals surface area contributed by atoms with E-state index in [0.717, 1.165) is 5.92 Å². The molecule has 1 aliphatic carbocycles. The fraction of sp³-hybridized carbons (Fsp3) is 1.00. The molecule has 1 aliphatic heterocycles. The zero-order valence-electron chi connectivity index (χ0n) is 10.6. The van der Waals surface area contributed by atoms with Crippen LogP contribution in [0.25, 0.3) is 0 Å². The number of nitrogens with one attached hydrogen (secondary N) is 1. The first-order chi connectivity index (χ1) is 7.16. The summed E-state index contributed by atoms with van der Waals surface area (Å²) in [7, 11) is 2.13. The van der Waals surface area contributed by atoms with E-state index >= 15 is 0 Å². The van der Waals surface area contributed by atoms with Crippen molar-refractivity contribution in [3.63, 3.8) is 0 Å². The van der Waals surface area contributed by atoms with E-state index in [0.29, 0.717) is 11.6 Å². The van der Waals surface area contributed by atoms with E-state index in [2.05, 4.69) is 31.1 Å². The molecule has 15 heavy (non-hydrogen) atoms. The molecule has 1 N–H and O–H groups in total. The highest BCUT2D eigenvalue weighted by molar-refractivity contribution is 5.01. The molecule has 0 aromatic carbocycles. The van der Waals surface area contributed by atoms with E-state index in [1.54, 1.807) is 0 Å². The van der Waals surface area contributed by atoms with E-state index in [1.165, 1.54) is 45.2 Å². The Bertz CT molecular complexity index is 203. The molecule has 2 rings (SSSR count). The van der Waals surface area contributed by atoms with Crippen LogP contribution in [0.4, 0.5) is 0 Å². The van der Waals surface area contributed by atoms with Crippen LogP contribution in [-0.4, -0.2) is 36.6 Å². The number of likely N-dealkylation sites (tertiary alicyclic amines) is 1. The van der Waals surface area contributed by atoms with Gasteiger partial charge in [-0.2, -0.15) is 0 Å². The van der Waals surface area contributed by atoms with Gasteiger partial charge in [0, 0.05) is 11.6 Å². The number of likely N-dealkylation sites (N-methyl/N-ethyl adjacent to an activating group) is 1. The second-order valence-corrected chi connectivity index (χ2v) is 5.81. The zero-order chi connectivity index (χ0) is 10.9. The average molecular weight is 210 g/mol. The molecule has 2 nitrogen and oxygen atoms in total. The zero-order valence-corrected chi connectivity index (χ0v) is 10.6. The van der Waals surface area contributed by atoms with Crippen molar-refractivity contribution in [1.29, 1.82) is 0 Å². The van der Waals surface area contributed by atoms with Crippen LogP contribution < -0.4 is 5.32 Å². The molecule has 0 aromatic rings. The Labute approximate surface area is 94.4 Å². The first-order valence-electron chi connectivity index (χ1n) is 6.58. The molecule has 88 valence electrons. The van der Waals surface area contributed by atoms with Crippen molar-refractivity contribution in [2.45, 2.75) is 57.5 Å². The van der Waals surface area contributed by atoms with Crippen LogP contribution in [0, 0.1) is 5.92 Å². The number of piperidine rings is 1. The standard InChI is InChI=1S/C13H26N2/c1-13(2,12(14-3)11-7-8-11)15-9-5-4-6-10-15/h11-12,14H,4-10H2,1-3H3. The van der Waals surface area contributed by atoms with Gasteiger partial charge in [0.1, 0.15) is 0 Å². The quantitative estimate of drug-likeness (QED) is 0.765. The van der Waals surface area contributed by atoms with Crippen molar-refractivity contribution in [3.8, 4) is 0 Å². The second kappa shape index (κ2) is 4.42. The number of hydrogen-bond acceptors (Lipinski definition) is 2. The van der Waals surface area contributed by atoms with Crippen molar-refractivity contribution in [3.05, 3.63) is 0 Å². The van der Waals surface area contributed by atoms with Gasteiger partial charge < -0.3 is 5.32 Å².